The van der Waals surface area contributed by atoms with Crippen molar-refractivity contribution >= 4 is 11.6 Å². The Morgan fingerprint density at radius 1 is 1.35 bits per heavy atom. The van der Waals surface area contributed by atoms with Gasteiger partial charge in [0.05, 0.1) is 6.54 Å². The summed E-state index contributed by atoms with van der Waals surface area (Å²) < 4.78 is 0. The maximum atomic E-state index is 12.2. The van der Waals surface area contributed by atoms with Crippen LogP contribution in [0.25, 0.3) is 0 Å². The molecule has 1 aromatic rings. The molecule has 0 aliphatic heterocycles. The Labute approximate surface area is 122 Å². The fourth-order valence-electron chi connectivity index (χ4n) is 2.50. The molecule has 0 bridgehead atoms. The van der Waals surface area contributed by atoms with Gasteiger partial charge in [0.1, 0.15) is 0 Å². The first kappa shape index (κ1) is 15.0. The molecule has 1 amide bonds. The molecule has 20 heavy (non-hydrogen) atoms. The highest BCUT2D eigenvalue weighted by atomic mass is 16.2. The molecule has 1 fully saturated rings. The Bertz CT molecular complexity index is 466. The van der Waals surface area contributed by atoms with Crippen molar-refractivity contribution in [2.75, 3.05) is 25.0 Å². The average Bonchev–Trinajstić information content (AvgIpc) is 3.19. The summed E-state index contributed by atoms with van der Waals surface area (Å²) in [4.78, 5) is 14.5. The predicted octanol–water partition coefficient (Wildman–Crippen LogP) is 3.36. The van der Waals surface area contributed by atoms with Crippen molar-refractivity contribution in [1.29, 1.82) is 0 Å². The van der Waals surface area contributed by atoms with Gasteiger partial charge in [-0.3, -0.25) is 9.69 Å². The summed E-state index contributed by atoms with van der Waals surface area (Å²) in [5.41, 5.74) is 3.31. The first-order valence-corrected chi connectivity index (χ1v) is 7.68. The van der Waals surface area contributed by atoms with Gasteiger partial charge in [0.25, 0.3) is 0 Å². The number of carbonyl (C=O) groups excluding carboxylic acids is 1. The number of benzene rings is 1. The van der Waals surface area contributed by atoms with Gasteiger partial charge in [0.2, 0.25) is 5.91 Å². The number of nitrogens with one attached hydrogen (secondary N) is 1. The monoisotopic (exact) mass is 274 g/mol. The van der Waals surface area contributed by atoms with Gasteiger partial charge in [-0.2, -0.15) is 0 Å². The van der Waals surface area contributed by atoms with Crippen LogP contribution in [0, 0.1) is 19.8 Å². The van der Waals surface area contributed by atoms with Crippen LogP contribution in [0.4, 0.5) is 5.69 Å². The highest BCUT2D eigenvalue weighted by molar-refractivity contribution is 5.93. The molecule has 0 atom stereocenters. The summed E-state index contributed by atoms with van der Waals surface area (Å²) in [6.45, 7) is 8.89. The smallest absolute Gasteiger partial charge is 0.238 e. The summed E-state index contributed by atoms with van der Waals surface area (Å²) >= 11 is 0. The van der Waals surface area contributed by atoms with Gasteiger partial charge in [-0.05, 0) is 62.8 Å². The van der Waals surface area contributed by atoms with Crippen LogP contribution in [-0.2, 0) is 4.79 Å². The second-order valence-electron chi connectivity index (χ2n) is 5.97. The molecule has 1 aliphatic rings. The van der Waals surface area contributed by atoms with Crippen molar-refractivity contribution in [3.05, 3.63) is 29.3 Å². The third kappa shape index (κ3) is 4.34. The minimum Gasteiger partial charge on any atom is -0.325 e. The number of rotatable bonds is 7. The number of amides is 1. The molecule has 0 unspecified atom stereocenters. The second-order valence-corrected chi connectivity index (χ2v) is 5.97. The zero-order valence-electron chi connectivity index (χ0n) is 12.9. The Hall–Kier alpha value is -1.35. The van der Waals surface area contributed by atoms with Crippen LogP contribution in [-0.4, -0.2) is 30.4 Å². The average molecular weight is 274 g/mol. The quantitative estimate of drug-likeness (QED) is 0.827. The van der Waals surface area contributed by atoms with Gasteiger partial charge in [-0.15, -0.1) is 0 Å². The van der Waals surface area contributed by atoms with E-state index in [1.165, 1.54) is 18.4 Å². The van der Waals surface area contributed by atoms with E-state index in [9.17, 15) is 4.79 Å². The normalized spacial score (nSPS) is 14.6. The molecule has 1 aliphatic carbocycles. The molecule has 0 saturated heterocycles. The van der Waals surface area contributed by atoms with Crippen LogP contribution in [0.2, 0.25) is 0 Å². The molecule has 1 N–H and O–H groups in total. The Morgan fingerprint density at radius 2 is 2.10 bits per heavy atom. The first-order chi connectivity index (χ1) is 9.60. The molecule has 0 spiro atoms. The lowest BCUT2D eigenvalue weighted by Crippen LogP contribution is -2.35. The van der Waals surface area contributed by atoms with E-state index in [4.69, 9.17) is 0 Å². The molecule has 0 aromatic heterocycles. The Balaban J connectivity index is 1.91. The van der Waals surface area contributed by atoms with Crippen molar-refractivity contribution in [3.8, 4) is 0 Å². The van der Waals surface area contributed by atoms with Crippen molar-refractivity contribution < 1.29 is 4.79 Å². The first-order valence-electron chi connectivity index (χ1n) is 7.68. The fourth-order valence-corrected chi connectivity index (χ4v) is 2.50. The van der Waals surface area contributed by atoms with E-state index < -0.39 is 0 Å². The molecule has 3 nitrogen and oxygen atoms in total. The van der Waals surface area contributed by atoms with Crippen molar-refractivity contribution in [2.24, 2.45) is 5.92 Å². The molecule has 0 radical (unpaired) electrons. The maximum absolute atomic E-state index is 12.2. The molecule has 3 heteroatoms. The molecule has 1 saturated carbocycles. The Morgan fingerprint density at radius 3 is 2.75 bits per heavy atom. The number of aryl methyl sites for hydroxylation is 1. The fraction of sp³-hybridized carbons (Fsp3) is 0.588. The van der Waals surface area contributed by atoms with E-state index in [1.54, 1.807) is 0 Å². The summed E-state index contributed by atoms with van der Waals surface area (Å²) in [5, 5.41) is 3.05. The Kier molecular flexibility index (Phi) is 5.18. The topological polar surface area (TPSA) is 32.3 Å². The number of hydrogen-bond acceptors (Lipinski definition) is 2. The standard InChI is InChI=1S/C17H26N2O/c1-4-10-19(11-15-8-9-15)12-17(20)18-16-7-5-6-13(2)14(16)3/h5-7,15H,4,8-12H2,1-3H3,(H,18,20). The van der Waals surface area contributed by atoms with Crippen LogP contribution in [0.15, 0.2) is 18.2 Å². The van der Waals surface area contributed by atoms with Crippen LogP contribution in [0.5, 0.6) is 0 Å². The third-order valence-electron chi connectivity index (χ3n) is 4.00. The minimum absolute atomic E-state index is 0.104. The zero-order chi connectivity index (χ0) is 14.5. The van der Waals surface area contributed by atoms with Gasteiger partial charge in [-0.25, -0.2) is 0 Å². The van der Waals surface area contributed by atoms with E-state index in [1.807, 2.05) is 12.1 Å². The molecular weight excluding hydrogens is 248 g/mol. The van der Waals surface area contributed by atoms with E-state index in [0.29, 0.717) is 6.54 Å². The van der Waals surface area contributed by atoms with Gasteiger partial charge in [-0.1, -0.05) is 19.1 Å². The zero-order valence-corrected chi connectivity index (χ0v) is 12.9. The summed E-state index contributed by atoms with van der Waals surface area (Å²) in [7, 11) is 0. The molecule has 1 aromatic carbocycles. The highest BCUT2D eigenvalue weighted by Crippen LogP contribution is 2.29. The third-order valence-corrected chi connectivity index (χ3v) is 4.00. The lowest BCUT2D eigenvalue weighted by Gasteiger charge is -2.21. The summed E-state index contributed by atoms with van der Waals surface area (Å²) in [6.07, 6.45) is 3.76. The molecule has 2 rings (SSSR count). The van der Waals surface area contributed by atoms with Gasteiger partial charge < -0.3 is 5.32 Å². The predicted molar refractivity (Wildman–Crippen MR) is 84.0 cm³/mol. The van der Waals surface area contributed by atoms with Crippen molar-refractivity contribution in [2.45, 2.75) is 40.0 Å². The van der Waals surface area contributed by atoms with Crippen LogP contribution in [0.3, 0.4) is 0 Å². The lowest BCUT2D eigenvalue weighted by atomic mass is 10.1. The number of anilines is 1. The van der Waals surface area contributed by atoms with Crippen molar-refractivity contribution in [1.82, 2.24) is 4.90 Å². The van der Waals surface area contributed by atoms with E-state index in [-0.39, 0.29) is 5.91 Å². The van der Waals surface area contributed by atoms with Crippen LogP contribution in [0.1, 0.15) is 37.3 Å². The summed E-state index contributed by atoms with van der Waals surface area (Å²) in [5.74, 6) is 0.933. The highest BCUT2D eigenvalue weighted by Gasteiger charge is 2.24. The van der Waals surface area contributed by atoms with Crippen LogP contribution < -0.4 is 5.32 Å². The SMILES string of the molecule is CCCN(CC(=O)Nc1cccc(C)c1C)CC1CC1. The number of carbonyl (C=O) groups is 1. The second kappa shape index (κ2) is 6.89. The molecule has 110 valence electrons. The van der Waals surface area contributed by atoms with E-state index in [2.05, 4.69) is 37.1 Å². The number of hydrogen-bond donors (Lipinski definition) is 1. The van der Waals surface area contributed by atoms with Gasteiger partial charge in [0, 0.05) is 12.2 Å². The maximum Gasteiger partial charge on any atom is 0.238 e. The van der Waals surface area contributed by atoms with Crippen molar-refractivity contribution in [3.63, 3.8) is 0 Å². The van der Waals surface area contributed by atoms with Gasteiger partial charge >= 0.3 is 0 Å². The minimum atomic E-state index is 0.104. The number of nitrogens with zero attached hydrogens (tertiary/aromatic N) is 1. The van der Waals surface area contributed by atoms with E-state index >= 15 is 0 Å². The van der Waals surface area contributed by atoms with Crippen LogP contribution >= 0.6 is 0 Å². The largest absolute Gasteiger partial charge is 0.325 e. The van der Waals surface area contributed by atoms with Gasteiger partial charge in [0.15, 0.2) is 0 Å². The lowest BCUT2D eigenvalue weighted by molar-refractivity contribution is -0.117. The molecular formula is C17H26N2O. The van der Waals surface area contributed by atoms with E-state index in [0.717, 1.165) is 36.7 Å². The molecule has 0 heterocycles. The summed E-state index contributed by atoms with van der Waals surface area (Å²) in [6, 6.07) is 6.04.